The van der Waals surface area contributed by atoms with E-state index in [1.807, 2.05) is 0 Å². The Balaban J connectivity index is 2.13. The molecule has 1 saturated heterocycles. The number of aliphatic hydroxyl groups excluding tert-OH is 2. The van der Waals surface area contributed by atoms with E-state index in [4.69, 9.17) is 14.6 Å². The van der Waals surface area contributed by atoms with Crippen molar-refractivity contribution in [3.05, 3.63) is 11.6 Å². The largest absolute Gasteiger partial charge is 0.450 e. The molecule has 0 aliphatic carbocycles. The maximum Gasteiger partial charge on any atom is 0.378 e. The summed E-state index contributed by atoms with van der Waals surface area (Å²) in [4.78, 5) is 23.3. The summed E-state index contributed by atoms with van der Waals surface area (Å²) in [6, 6.07) is 0. The number of Topliss-reactive ketones (excluding diaryl/α,β-unsaturated/α-hetero) is 1. The third kappa shape index (κ3) is 12.5. The molecule has 0 aromatic rings. The van der Waals surface area contributed by atoms with Crippen molar-refractivity contribution < 1.29 is 29.3 Å². The number of carbonyl (C=O) groups excluding carboxylic acids is 2. The zero-order chi connectivity index (χ0) is 25.5. The molecule has 34 heavy (non-hydrogen) atoms. The average molecular weight is 483 g/mol. The fraction of sp³-hybridized carbons (Fsp3) is 0.857. The first kappa shape index (κ1) is 30.8. The Morgan fingerprint density at radius 1 is 0.971 bits per heavy atom. The summed E-state index contributed by atoms with van der Waals surface area (Å²) in [5, 5.41) is 18.8. The van der Waals surface area contributed by atoms with Crippen molar-refractivity contribution >= 4 is 11.8 Å². The van der Waals surface area contributed by atoms with Crippen LogP contribution in [0.25, 0.3) is 0 Å². The van der Waals surface area contributed by atoms with Crippen LogP contribution in [0.2, 0.25) is 0 Å². The highest BCUT2D eigenvalue weighted by molar-refractivity contribution is 6.37. The maximum absolute atomic E-state index is 11.8. The molecular weight excluding hydrogens is 432 g/mol. The van der Waals surface area contributed by atoms with Crippen molar-refractivity contribution in [2.45, 2.75) is 124 Å². The monoisotopic (exact) mass is 482 g/mol. The van der Waals surface area contributed by atoms with Gasteiger partial charge in [0.15, 0.2) is 12.2 Å². The van der Waals surface area contributed by atoms with Gasteiger partial charge in [-0.3, -0.25) is 4.79 Å². The maximum atomic E-state index is 11.8. The van der Waals surface area contributed by atoms with Gasteiger partial charge in [-0.25, -0.2) is 4.79 Å². The van der Waals surface area contributed by atoms with Gasteiger partial charge in [0, 0.05) is 6.61 Å². The smallest absolute Gasteiger partial charge is 0.378 e. The van der Waals surface area contributed by atoms with E-state index in [9.17, 15) is 14.7 Å². The molecule has 0 saturated carbocycles. The average Bonchev–Trinajstić information content (AvgIpc) is 3.06. The van der Waals surface area contributed by atoms with Crippen molar-refractivity contribution in [3.8, 4) is 0 Å². The summed E-state index contributed by atoms with van der Waals surface area (Å²) in [5.41, 5.74) is 1.37. The quantitative estimate of drug-likeness (QED) is 0.111. The first-order valence-electron chi connectivity index (χ1n) is 13.5. The molecule has 0 aromatic carbocycles. The standard InChI is InChI=1S/C28H50O6/c1-20(2)11-8-13-22(4)15-10-17-23(5)16-9-14-21(3)12-6-7-18-33-27-25(31)28(32)34-26(27)24(30)19-29/h12,20,22-24,26-27,29-30H,6-11,13-19H2,1-5H3. The van der Waals surface area contributed by atoms with Crippen LogP contribution < -0.4 is 0 Å². The van der Waals surface area contributed by atoms with E-state index in [1.165, 1.54) is 56.9 Å². The number of carbonyl (C=O) groups is 2. The number of ketones is 1. The fourth-order valence-corrected chi connectivity index (χ4v) is 4.52. The Bertz CT molecular complexity index is 614. The van der Waals surface area contributed by atoms with Crippen LogP contribution in [0.15, 0.2) is 11.6 Å². The van der Waals surface area contributed by atoms with Crippen LogP contribution in [0.4, 0.5) is 0 Å². The van der Waals surface area contributed by atoms with Gasteiger partial charge >= 0.3 is 5.97 Å². The zero-order valence-corrected chi connectivity index (χ0v) is 22.3. The molecule has 0 aromatic heterocycles. The highest BCUT2D eigenvalue weighted by Gasteiger charge is 2.47. The minimum atomic E-state index is -1.32. The van der Waals surface area contributed by atoms with Crippen molar-refractivity contribution in [1.82, 2.24) is 0 Å². The first-order valence-corrected chi connectivity index (χ1v) is 13.5. The summed E-state index contributed by atoms with van der Waals surface area (Å²) in [5.74, 6) is 0.649. The lowest BCUT2D eigenvalue weighted by molar-refractivity contribution is -0.152. The molecule has 6 heteroatoms. The van der Waals surface area contributed by atoms with E-state index in [-0.39, 0.29) is 0 Å². The van der Waals surface area contributed by atoms with Gasteiger partial charge in [-0.15, -0.1) is 0 Å². The molecule has 5 atom stereocenters. The number of esters is 1. The van der Waals surface area contributed by atoms with Crippen molar-refractivity contribution in [2.75, 3.05) is 13.2 Å². The summed E-state index contributed by atoms with van der Waals surface area (Å²) < 4.78 is 10.3. The number of aliphatic hydroxyl groups is 2. The Morgan fingerprint density at radius 3 is 2.15 bits per heavy atom. The third-order valence-electron chi connectivity index (χ3n) is 6.85. The number of hydrogen-bond donors (Lipinski definition) is 2. The van der Waals surface area contributed by atoms with Crippen LogP contribution in [0.1, 0.15) is 105 Å². The molecule has 0 amide bonds. The van der Waals surface area contributed by atoms with E-state index in [2.05, 4.69) is 40.7 Å². The molecule has 0 bridgehead atoms. The van der Waals surface area contributed by atoms with Crippen LogP contribution >= 0.6 is 0 Å². The molecule has 5 unspecified atom stereocenters. The van der Waals surface area contributed by atoms with Gasteiger partial charge < -0.3 is 19.7 Å². The van der Waals surface area contributed by atoms with Gasteiger partial charge in [0.05, 0.1) is 6.61 Å². The van der Waals surface area contributed by atoms with Crippen molar-refractivity contribution in [1.29, 1.82) is 0 Å². The van der Waals surface area contributed by atoms with Crippen LogP contribution in [-0.2, 0) is 19.1 Å². The first-order chi connectivity index (χ1) is 16.1. The van der Waals surface area contributed by atoms with Gasteiger partial charge in [0.25, 0.3) is 5.78 Å². The Hall–Kier alpha value is -1.24. The van der Waals surface area contributed by atoms with Gasteiger partial charge in [-0.2, -0.15) is 0 Å². The van der Waals surface area contributed by atoms with E-state index in [0.717, 1.165) is 30.6 Å². The summed E-state index contributed by atoms with van der Waals surface area (Å²) >= 11 is 0. The molecule has 1 rings (SSSR count). The second-order valence-electron chi connectivity index (χ2n) is 10.8. The SMILES string of the molecule is CC(=CCCCOC1C(=O)C(=O)OC1C(O)CO)CCCC(C)CCCC(C)CCCC(C)C. The predicted octanol–water partition coefficient (Wildman–Crippen LogP) is 5.38. The second kappa shape index (κ2) is 17.2. The van der Waals surface area contributed by atoms with Crippen LogP contribution in [-0.4, -0.2) is 53.5 Å². The topological polar surface area (TPSA) is 93.1 Å². The van der Waals surface area contributed by atoms with E-state index in [1.54, 1.807) is 0 Å². The lowest BCUT2D eigenvalue weighted by Gasteiger charge is -2.20. The summed E-state index contributed by atoms with van der Waals surface area (Å²) in [6.07, 6.45) is 11.9. The van der Waals surface area contributed by atoms with Crippen LogP contribution in [0.5, 0.6) is 0 Å². The normalized spacial score (nSPS) is 21.7. The number of unbranched alkanes of at least 4 members (excludes halogenated alkanes) is 1. The number of allylic oxidation sites excluding steroid dienone is 2. The lowest BCUT2D eigenvalue weighted by Crippen LogP contribution is -2.41. The van der Waals surface area contributed by atoms with E-state index >= 15 is 0 Å². The van der Waals surface area contributed by atoms with Crippen LogP contribution in [0, 0.1) is 17.8 Å². The highest BCUT2D eigenvalue weighted by Crippen LogP contribution is 2.22. The predicted molar refractivity (Wildman–Crippen MR) is 135 cm³/mol. The molecule has 1 fully saturated rings. The molecule has 6 nitrogen and oxygen atoms in total. The Morgan fingerprint density at radius 2 is 1.56 bits per heavy atom. The van der Waals surface area contributed by atoms with Crippen molar-refractivity contribution in [2.24, 2.45) is 17.8 Å². The third-order valence-corrected chi connectivity index (χ3v) is 6.85. The number of ether oxygens (including phenoxy) is 2. The van der Waals surface area contributed by atoms with Gasteiger partial charge in [0.1, 0.15) is 6.10 Å². The molecule has 1 aliphatic rings. The summed E-state index contributed by atoms with van der Waals surface area (Å²) in [7, 11) is 0. The molecule has 0 radical (unpaired) electrons. The minimum absolute atomic E-state index is 0.290. The Labute approximate surface area is 207 Å². The van der Waals surface area contributed by atoms with Crippen molar-refractivity contribution in [3.63, 3.8) is 0 Å². The molecule has 2 N–H and O–H groups in total. The second-order valence-corrected chi connectivity index (χ2v) is 10.8. The fourth-order valence-electron chi connectivity index (χ4n) is 4.52. The molecule has 0 spiro atoms. The molecular formula is C28H50O6. The van der Waals surface area contributed by atoms with Gasteiger partial charge in [0.2, 0.25) is 0 Å². The lowest BCUT2D eigenvalue weighted by atomic mass is 9.91. The van der Waals surface area contributed by atoms with Gasteiger partial charge in [-0.1, -0.05) is 84.3 Å². The number of hydrogen-bond acceptors (Lipinski definition) is 6. The highest BCUT2D eigenvalue weighted by atomic mass is 16.6. The minimum Gasteiger partial charge on any atom is -0.450 e. The zero-order valence-electron chi connectivity index (χ0n) is 22.3. The number of rotatable bonds is 19. The van der Waals surface area contributed by atoms with Crippen LogP contribution in [0.3, 0.4) is 0 Å². The van der Waals surface area contributed by atoms with Gasteiger partial charge in [-0.05, 0) is 50.4 Å². The molecule has 1 aliphatic heterocycles. The molecule has 198 valence electrons. The summed E-state index contributed by atoms with van der Waals surface area (Å²) in [6.45, 7) is 11.2. The number of cyclic esters (lactones) is 1. The Kier molecular flexibility index (Phi) is 15.6. The molecule has 1 heterocycles. The van der Waals surface area contributed by atoms with E-state index in [0.29, 0.717) is 13.0 Å². The van der Waals surface area contributed by atoms with E-state index < -0.39 is 36.7 Å².